The van der Waals surface area contributed by atoms with E-state index in [0.717, 1.165) is 48.8 Å². The first-order valence-corrected chi connectivity index (χ1v) is 8.44. The molecule has 1 atom stereocenters. The van der Waals surface area contributed by atoms with Crippen molar-refractivity contribution in [1.82, 2.24) is 14.9 Å². The first-order chi connectivity index (χ1) is 10.7. The summed E-state index contributed by atoms with van der Waals surface area (Å²) in [7, 11) is 1.72. The lowest BCUT2D eigenvalue weighted by atomic mass is 9.99. The number of piperidine rings is 1. The van der Waals surface area contributed by atoms with Gasteiger partial charge in [0.2, 0.25) is 0 Å². The van der Waals surface area contributed by atoms with Crippen molar-refractivity contribution in [2.75, 3.05) is 26.8 Å². The van der Waals surface area contributed by atoms with Crippen LogP contribution in [0.1, 0.15) is 28.3 Å². The first kappa shape index (κ1) is 15.2. The fraction of sp³-hybridized carbons (Fsp3) is 0.500. The average molecular weight is 319 g/mol. The number of carbonyl (C=O) groups is 1. The molecular formula is C16H21N3O2S. The van der Waals surface area contributed by atoms with Crippen LogP contribution >= 0.6 is 11.3 Å². The molecule has 1 amide bonds. The molecule has 0 aliphatic carbocycles. The summed E-state index contributed by atoms with van der Waals surface area (Å²) in [6, 6.07) is 1.90. The Morgan fingerprint density at radius 3 is 3.18 bits per heavy atom. The molecular weight excluding hydrogens is 298 g/mol. The Labute approximate surface area is 134 Å². The number of likely N-dealkylation sites (tertiary alicyclic amines) is 1. The van der Waals surface area contributed by atoms with Gasteiger partial charge in [0.15, 0.2) is 0 Å². The molecule has 2 aromatic heterocycles. The van der Waals surface area contributed by atoms with Gasteiger partial charge in [-0.3, -0.25) is 4.79 Å². The van der Waals surface area contributed by atoms with E-state index in [9.17, 15) is 4.79 Å². The van der Waals surface area contributed by atoms with E-state index in [1.165, 1.54) is 0 Å². The van der Waals surface area contributed by atoms with Crippen molar-refractivity contribution in [1.29, 1.82) is 0 Å². The van der Waals surface area contributed by atoms with Gasteiger partial charge in [-0.05, 0) is 31.7 Å². The van der Waals surface area contributed by atoms with Crippen LogP contribution in [-0.4, -0.2) is 47.6 Å². The van der Waals surface area contributed by atoms with Crippen LogP contribution in [0.4, 0.5) is 0 Å². The van der Waals surface area contributed by atoms with Crippen LogP contribution in [0.3, 0.4) is 0 Å². The van der Waals surface area contributed by atoms with Gasteiger partial charge in [0.1, 0.15) is 5.69 Å². The third-order valence-electron chi connectivity index (χ3n) is 4.04. The van der Waals surface area contributed by atoms with Crippen molar-refractivity contribution in [3.63, 3.8) is 0 Å². The molecule has 3 rings (SSSR count). The Hall–Kier alpha value is -1.66. The van der Waals surface area contributed by atoms with Crippen LogP contribution in [0.15, 0.2) is 17.6 Å². The van der Waals surface area contributed by atoms with Crippen LogP contribution in [0.25, 0.3) is 11.3 Å². The van der Waals surface area contributed by atoms with Crippen molar-refractivity contribution in [3.8, 4) is 11.3 Å². The van der Waals surface area contributed by atoms with Gasteiger partial charge >= 0.3 is 0 Å². The number of aryl methyl sites for hydroxylation is 1. The van der Waals surface area contributed by atoms with E-state index in [2.05, 4.69) is 9.97 Å². The van der Waals surface area contributed by atoms with E-state index < -0.39 is 0 Å². The van der Waals surface area contributed by atoms with Crippen LogP contribution in [0.2, 0.25) is 0 Å². The number of H-pyrrole nitrogens is 1. The van der Waals surface area contributed by atoms with Crippen molar-refractivity contribution in [2.24, 2.45) is 5.92 Å². The highest BCUT2D eigenvalue weighted by Crippen LogP contribution is 2.24. The van der Waals surface area contributed by atoms with Gasteiger partial charge in [-0.1, -0.05) is 0 Å². The highest BCUT2D eigenvalue weighted by Gasteiger charge is 2.25. The topological polar surface area (TPSA) is 58.2 Å². The molecule has 0 spiro atoms. The molecule has 0 radical (unpaired) electrons. The highest BCUT2D eigenvalue weighted by molar-refractivity contribution is 7.09. The molecule has 0 bridgehead atoms. The van der Waals surface area contributed by atoms with Gasteiger partial charge in [-0.15, -0.1) is 11.3 Å². The zero-order chi connectivity index (χ0) is 15.5. The third-order valence-corrected chi connectivity index (χ3v) is 4.81. The van der Waals surface area contributed by atoms with Gasteiger partial charge in [-0.25, -0.2) is 4.98 Å². The second-order valence-corrected chi connectivity index (χ2v) is 6.83. The zero-order valence-corrected chi connectivity index (χ0v) is 13.8. The number of amides is 1. The van der Waals surface area contributed by atoms with Crippen LogP contribution in [0, 0.1) is 12.8 Å². The van der Waals surface area contributed by atoms with E-state index >= 15 is 0 Å². The molecule has 5 nitrogen and oxygen atoms in total. The predicted molar refractivity (Wildman–Crippen MR) is 87.1 cm³/mol. The lowest BCUT2D eigenvalue weighted by Crippen LogP contribution is -2.41. The van der Waals surface area contributed by atoms with Crippen LogP contribution in [0.5, 0.6) is 0 Å². The molecule has 6 heteroatoms. The molecule has 2 aromatic rings. The van der Waals surface area contributed by atoms with E-state index in [4.69, 9.17) is 4.74 Å². The van der Waals surface area contributed by atoms with Crippen molar-refractivity contribution in [3.05, 3.63) is 28.3 Å². The number of ether oxygens (including phenoxy) is 1. The number of aromatic amines is 1. The largest absolute Gasteiger partial charge is 0.384 e. The average Bonchev–Trinajstić information content (AvgIpc) is 3.16. The molecule has 0 aromatic carbocycles. The Balaban J connectivity index is 1.71. The maximum Gasteiger partial charge on any atom is 0.270 e. The molecule has 1 aliphatic rings. The Bertz CT molecular complexity index is 647. The van der Waals surface area contributed by atoms with Gasteiger partial charge in [0.05, 0.1) is 17.3 Å². The van der Waals surface area contributed by atoms with E-state index in [1.807, 2.05) is 29.5 Å². The number of rotatable bonds is 4. The molecule has 0 saturated carbocycles. The molecule has 22 heavy (non-hydrogen) atoms. The van der Waals surface area contributed by atoms with Crippen molar-refractivity contribution < 1.29 is 9.53 Å². The number of nitrogens with zero attached hydrogens (tertiary/aromatic N) is 2. The monoisotopic (exact) mass is 319 g/mol. The van der Waals surface area contributed by atoms with E-state index in [-0.39, 0.29) is 5.91 Å². The van der Waals surface area contributed by atoms with Crippen LogP contribution < -0.4 is 0 Å². The summed E-state index contributed by atoms with van der Waals surface area (Å²) in [6.07, 6.45) is 4.03. The summed E-state index contributed by atoms with van der Waals surface area (Å²) in [5, 5.41) is 3.05. The molecule has 1 aliphatic heterocycles. The predicted octanol–water partition coefficient (Wildman–Crippen LogP) is 2.95. The van der Waals surface area contributed by atoms with Crippen LogP contribution in [-0.2, 0) is 4.74 Å². The number of aromatic nitrogens is 2. The SMILES string of the molecule is COCC1CCCN(C(=O)c2cc(-c3csc(C)n3)c[nH]2)C1. The second kappa shape index (κ2) is 6.62. The highest BCUT2D eigenvalue weighted by atomic mass is 32.1. The fourth-order valence-electron chi connectivity index (χ4n) is 2.95. The maximum atomic E-state index is 12.6. The number of carbonyl (C=O) groups excluding carboxylic acids is 1. The lowest BCUT2D eigenvalue weighted by molar-refractivity contribution is 0.0566. The van der Waals surface area contributed by atoms with Crippen molar-refractivity contribution >= 4 is 17.2 Å². The number of hydrogen-bond donors (Lipinski definition) is 1. The van der Waals surface area contributed by atoms with Gasteiger partial charge < -0.3 is 14.6 Å². The maximum absolute atomic E-state index is 12.6. The third kappa shape index (κ3) is 3.23. The van der Waals surface area contributed by atoms with E-state index in [1.54, 1.807) is 18.4 Å². The molecule has 1 fully saturated rings. The fourth-order valence-corrected chi connectivity index (χ4v) is 3.58. The summed E-state index contributed by atoms with van der Waals surface area (Å²) >= 11 is 1.62. The van der Waals surface area contributed by atoms with Gasteiger partial charge in [0.25, 0.3) is 5.91 Å². The first-order valence-electron chi connectivity index (χ1n) is 7.56. The summed E-state index contributed by atoms with van der Waals surface area (Å²) in [5.74, 6) is 0.511. The minimum absolute atomic E-state index is 0.0685. The lowest BCUT2D eigenvalue weighted by Gasteiger charge is -2.32. The normalized spacial score (nSPS) is 18.6. The standard InChI is InChI=1S/C16H21N3O2S/c1-11-18-15(10-22-11)13-6-14(17-7-13)16(20)19-5-3-4-12(8-19)9-21-2/h6-7,10,12,17H,3-5,8-9H2,1-2H3. The summed E-state index contributed by atoms with van der Waals surface area (Å²) in [6.45, 7) is 4.30. The Kier molecular flexibility index (Phi) is 4.59. The Morgan fingerprint density at radius 1 is 1.59 bits per heavy atom. The minimum Gasteiger partial charge on any atom is -0.384 e. The zero-order valence-electron chi connectivity index (χ0n) is 13.0. The van der Waals surface area contributed by atoms with Gasteiger partial charge in [-0.2, -0.15) is 0 Å². The van der Waals surface area contributed by atoms with E-state index in [0.29, 0.717) is 11.6 Å². The summed E-state index contributed by atoms with van der Waals surface area (Å²) in [5.41, 5.74) is 2.53. The smallest absolute Gasteiger partial charge is 0.270 e. The number of methoxy groups -OCH3 is 1. The molecule has 1 saturated heterocycles. The number of nitrogens with one attached hydrogen (secondary N) is 1. The Morgan fingerprint density at radius 2 is 2.45 bits per heavy atom. The minimum atomic E-state index is 0.0685. The van der Waals surface area contributed by atoms with Gasteiger partial charge in [0, 0.05) is 37.3 Å². The molecule has 1 unspecified atom stereocenters. The summed E-state index contributed by atoms with van der Waals surface area (Å²) < 4.78 is 5.23. The number of thiazole rings is 1. The number of hydrogen-bond acceptors (Lipinski definition) is 4. The molecule has 118 valence electrons. The molecule has 1 N–H and O–H groups in total. The summed E-state index contributed by atoms with van der Waals surface area (Å²) in [4.78, 5) is 22.1. The van der Waals surface area contributed by atoms with Crippen molar-refractivity contribution in [2.45, 2.75) is 19.8 Å². The second-order valence-electron chi connectivity index (χ2n) is 5.77. The quantitative estimate of drug-likeness (QED) is 0.942. The molecule has 3 heterocycles.